The molecule has 1 amide bonds. The van der Waals surface area contributed by atoms with Crippen LogP contribution in [0.5, 0.6) is 0 Å². The monoisotopic (exact) mass is 269 g/mol. The van der Waals surface area contributed by atoms with Gasteiger partial charge in [-0.1, -0.05) is 27.7 Å². The van der Waals surface area contributed by atoms with Crippen LogP contribution in [0.1, 0.15) is 40.5 Å². The van der Waals surface area contributed by atoms with E-state index >= 15 is 0 Å². The molecule has 0 radical (unpaired) electrons. The van der Waals surface area contributed by atoms with Gasteiger partial charge in [0.15, 0.2) is 0 Å². The lowest BCUT2D eigenvalue weighted by molar-refractivity contribution is -0.122. The molecule has 1 rings (SSSR count). The molecule has 4 heteroatoms. The quantitative estimate of drug-likeness (QED) is 0.735. The second-order valence-electron chi connectivity index (χ2n) is 6.79. The molecule has 4 nitrogen and oxygen atoms in total. The third-order valence-corrected chi connectivity index (χ3v) is 3.62. The highest BCUT2D eigenvalue weighted by Gasteiger charge is 2.24. The first-order valence-electron chi connectivity index (χ1n) is 7.64. The number of hydrogen-bond donors (Lipinski definition) is 2. The summed E-state index contributed by atoms with van der Waals surface area (Å²) in [6.07, 6.45) is 1.95. The highest BCUT2D eigenvalue weighted by atomic mass is 16.2. The third kappa shape index (κ3) is 6.39. The number of carbonyl (C=O) groups is 1. The molecule has 0 aliphatic carbocycles. The first-order chi connectivity index (χ1) is 8.88. The van der Waals surface area contributed by atoms with Crippen LogP contribution in [0.25, 0.3) is 0 Å². The highest BCUT2D eigenvalue weighted by molar-refractivity contribution is 5.81. The summed E-state index contributed by atoms with van der Waals surface area (Å²) in [7, 11) is 0. The number of nitrogens with one attached hydrogen (secondary N) is 1. The van der Waals surface area contributed by atoms with Crippen molar-refractivity contribution in [3.05, 3.63) is 0 Å². The Hall–Kier alpha value is -0.610. The van der Waals surface area contributed by atoms with E-state index in [2.05, 4.69) is 37.9 Å². The van der Waals surface area contributed by atoms with Crippen molar-refractivity contribution in [2.24, 2.45) is 23.5 Å². The number of nitrogens with zero attached hydrogens (tertiary/aromatic N) is 1. The van der Waals surface area contributed by atoms with Crippen molar-refractivity contribution < 1.29 is 4.79 Å². The molecule has 0 spiro atoms. The summed E-state index contributed by atoms with van der Waals surface area (Å²) in [5.74, 6) is 1.78. The van der Waals surface area contributed by atoms with Gasteiger partial charge in [0, 0.05) is 19.6 Å². The molecule has 1 aliphatic heterocycles. The van der Waals surface area contributed by atoms with Gasteiger partial charge >= 0.3 is 0 Å². The predicted octanol–water partition coefficient (Wildman–Crippen LogP) is 1.45. The van der Waals surface area contributed by atoms with Gasteiger partial charge < -0.3 is 16.0 Å². The summed E-state index contributed by atoms with van der Waals surface area (Å²) in [5.41, 5.74) is 5.87. The van der Waals surface area contributed by atoms with Crippen molar-refractivity contribution in [2.45, 2.75) is 46.6 Å². The van der Waals surface area contributed by atoms with E-state index in [0.29, 0.717) is 17.8 Å². The molecule has 1 saturated heterocycles. The normalized spacial score (nSPS) is 22.2. The Labute approximate surface area is 118 Å². The average molecular weight is 269 g/mol. The van der Waals surface area contributed by atoms with Gasteiger partial charge in [0.1, 0.15) is 0 Å². The van der Waals surface area contributed by atoms with E-state index in [1.54, 1.807) is 0 Å². The van der Waals surface area contributed by atoms with Crippen LogP contribution in [0.3, 0.4) is 0 Å². The molecule has 0 aromatic carbocycles. The zero-order chi connectivity index (χ0) is 14.4. The van der Waals surface area contributed by atoms with Crippen LogP contribution in [-0.2, 0) is 4.79 Å². The molecule has 0 bridgehead atoms. The molecule has 112 valence electrons. The van der Waals surface area contributed by atoms with Crippen LogP contribution in [0, 0.1) is 17.8 Å². The number of carbonyl (C=O) groups excluding carboxylic acids is 1. The van der Waals surface area contributed by atoms with Gasteiger partial charge in [0.2, 0.25) is 5.91 Å². The molecule has 0 saturated carbocycles. The molecule has 1 aliphatic rings. The molecule has 1 heterocycles. The maximum atomic E-state index is 11.8. The minimum atomic E-state index is -0.354. The van der Waals surface area contributed by atoms with Crippen molar-refractivity contribution in [2.75, 3.05) is 26.2 Å². The van der Waals surface area contributed by atoms with Gasteiger partial charge in [-0.05, 0) is 37.1 Å². The van der Waals surface area contributed by atoms with Crippen LogP contribution in [-0.4, -0.2) is 43.0 Å². The summed E-state index contributed by atoms with van der Waals surface area (Å²) in [6, 6.07) is -0.354. The van der Waals surface area contributed by atoms with E-state index in [-0.39, 0.29) is 11.9 Å². The van der Waals surface area contributed by atoms with E-state index in [9.17, 15) is 4.79 Å². The van der Waals surface area contributed by atoms with Crippen molar-refractivity contribution in [1.82, 2.24) is 10.2 Å². The summed E-state index contributed by atoms with van der Waals surface area (Å²) >= 11 is 0. The Morgan fingerprint density at radius 2 is 2.00 bits per heavy atom. The molecule has 19 heavy (non-hydrogen) atoms. The van der Waals surface area contributed by atoms with E-state index in [1.807, 2.05) is 0 Å². The predicted molar refractivity (Wildman–Crippen MR) is 79.8 cm³/mol. The molecule has 1 unspecified atom stereocenters. The summed E-state index contributed by atoms with van der Waals surface area (Å²) in [5, 5.41) is 3.01. The van der Waals surface area contributed by atoms with Gasteiger partial charge in [0.25, 0.3) is 0 Å². The van der Waals surface area contributed by atoms with Gasteiger partial charge in [-0.3, -0.25) is 4.79 Å². The van der Waals surface area contributed by atoms with Gasteiger partial charge in [-0.2, -0.15) is 0 Å². The Bertz CT molecular complexity index is 279. The van der Waals surface area contributed by atoms with E-state index in [0.717, 1.165) is 32.6 Å². The number of rotatable bonds is 7. The Morgan fingerprint density at radius 3 is 2.58 bits per heavy atom. The molecule has 3 N–H and O–H groups in total. The maximum Gasteiger partial charge on any atom is 0.236 e. The highest BCUT2D eigenvalue weighted by Crippen LogP contribution is 2.16. The van der Waals surface area contributed by atoms with Gasteiger partial charge in [-0.25, -0.2) is 0 Å². The fraction of sp³-hybridized carbons (Fsp3) is 0.933. The lowest BCUT2D eigenvalue weighted by atomic mass is 10.0. The molecule has 0 aromatic heterocycles. The average Bonchev–Trinajstić information content (AvgIpc) is 2.71. The molecular weight excluding hydrogens is 238 g/mol. The van der Waals surface area contributed by atoms with Crippen molar-refractivity contribution in [3.8, 4) is 0 Å². The van der Waals surface area contributed by atoms with Gasteiger partial charge in [-0.15, -0.1) is 0 Å². The minimum absolute atomic E-state index is 0.0102. The number of amides is 1. The lowest BCUT2D eigenvalue weighted by Gasteiger charge is -2.19. The lowest BCUT2D eigenvalue weighted by Crippen LogP contribution is -2.43. The number of nitrogens with two attached hydrogens (primary N) is 1. The van der Waals surface area contributed by atoms with E-state index < -0.39 is 0 Å². The van der Waals surface area contributed by atoms with Crippen molar-refractivity contribution in [1.29, 1.82) is 0 Å². The molecular formula is C15H31N3O. The van der Waals surface area contributed by atoms with Crippen LogP contribution in [0.4, 0.5) is 0 Å². The van der Waals surface area contributed by atoms with Crippen LogP contribution < -0.4 is 11.1 Å². The topological polar surface area (TPSA) is 58.4 Å². The zero-order valence-electron chi connectivity index (χ0n) is 13.0. The standard InChI is InChI=1S/C15H31N3O/c1-11(2)7-14(16)15(19)17-8-13-5-6-18(10-13)9-12(3)4/h11-14H,5-10,16H2,1-4H3,(H,17,19)/t13?,14-/m0/s1. The molecule has 1 fully saturated rings. The van der Waals surface area contributed by atoms with Crippen LogP contribution in [0.2, 0.25) is 0 Å². The summed E-state index contributed by atoms with van der Waals surface area (Å²) < 4.78 is 0. The second-order valence-corrected chi connectivity index (χ2v) is 6.79. The van der Waals surface area contributed by atoms with E-state index in [4.69, 9.17) is 5.73 Å². The summed E-state index contributed by atoms with van der Waals surface area (Å²) in [6.45, 7) is 12.9. The zero-order valence-corrected chi connectivity index (χ0v) is 13.0. The van der Waals surface area contributed by atoms with Crippen molar-refractivity contribution >= 4 is 5.91 Å². The maximum absolute atomic E-state index is 11.8. The molecule has 2 atom stereocenters. The van der Waals surface area contributed by atoms with Gasteiger partial charge in [0.05, 0.1) is 6.04 Å². The fourth-order valence-corrected chi connectivity index (χ4v) is 2.75. The smallest absolute Gasteiger partial charge is 0.236 e. The minimum Gasteiger partial charge on any atom is -0.354 e. The van der Waals surface area contributed by atoms with Crippen LogP contribution in [0.15, 0.2) is 0 Å². The Kier molecular flexibility index (Phi) is 6.80. The first-order valence-corrected chi connectivity index (χ1v) is 7.64. The van der Waals surface area contributed by atoms with Crippen molar-refractivity contribution in [3.63, 3.8) is 0 Å². The summed E-state index contributed by atoms with van der Waals surface area (Å²) in [4.78, 5) is 14.3. The Morgan fingerprint density at radius 1 is 1.32 bits per heavy atom. The van der Waals surface area contributed by atoms with Crippen LogP contribution >= 0.6 is 0 Å². The number of hydrogen-bond acceptors (Lipinski definition) is 3. The first kappa shape index (κ1) is 16.4. The number of likely N-dealkylation sites (tertiary alicyclic amines) is 1. The fourth-order valence-electron chi connectivity index (χ4n) is 2.75. The third-order valence-electron chi connectivity index (χ3n) is 3.62. The molecule has 0 aromatic rings. The second kappa shape index (κ2) is 7.85. The Balaban J connectivity index is 2.21. The SMILES string of the molecule is CC(C)C[C@H](N)C(=O)NCC1CCN(CC(C)C)C1. The largest absolute Gasteiger partial charge is 0.354 e. The van der Waals surface area contributed by atoms with E-state index in [1.165, 1.54) is 6.42 Å².